The third-order valence-electron chi connectivity index (χ3n) is 4.24. The molecular formula is C17H25ClFN. The molecular weight excluding hydrogens is 273 g/mol. The van der Waals surface area contributed by atoms with Gasteiger partial charge in [-0.25, -0.2) is 4.39 Å². The summed E-state index contributed by atoms with van der Waals surface area (Å²) in [4.78, 5) is 0. The zero-order chi connectivity index (χ0) is 14.8. The van der Waals surface area contributed by atoms with Crippen LogP contribution < -0.4 is 5.32 Å². The van der Waals surface area contributed by atoms with Crippen molar-refractivity contribution in [3.63, 3.8) is 0 Å². The highest BCUT2D eigenvalue weighted by Crippen LogP contribution is 2.47. The van der Waals surface area contributed by atoms with Crippen molar-refractivity contribution in [3.05, 3.63) is 34.6 Å². The molecule has 0 aliphatic heterocycles. The van der Waals surface area contributed by atoms with E-state index < -0.39 is 0 Å². The lowest BCUT2D eigenvalue weighted by atomic mass is 9.78. The van der Waals surface area contributed by atoms with Crippen LogP contribution in [-0.4, -0.2) is 13.1 Å². The highest BCUT2D eigenvalue weighted by molar-refractivity contribution is 6.30. The summed E-state index contributed by atoms with van der Waals surface area (Å²) >= 11 is 5.76. The average Bonchev–Trinajstić information content (AvgIpc) is 3.18. The summed E-state index contributed by atoms with van der Waals surface area (Å²) < 4.78 is 13.6. The van der Waals surface area contributed by atoms with Gasteiger partial charge < -0.3 is 5.32 Å². The van der Waals surface area contributed by atoms with Crippen LogP contribution in [0.15, 0.2) is 18.2 Å². The van der Waals surface area contributed by atoms with E-state index in [1.54, 1.807) is 12.1 Å². The van der Waals surface area contributed by atoms with Gasteiger partial charge in [0, 0.05) is 6.54 Å². The Balaban J connectivity index is 2.02. The van der Waals surface area contributed by atoms with Crippen LogP contribution in [0, 0.1) is 23.1 Å². The van der Waals surface area contributed by atoms with Crippen LogP contribution in [0.3, 0.4) is 0 Å². The van der Waals surface area contributed by atoms with Crippen molar-refractivity contribution in [1.82, 2.24) is 5.32 Å². The molecule has 1 fully saturated rings. The molecule has 1 nitrogen and oxygen atoms in total. The summed E-state index contributed by atoms with van der Waals surface area (Å²) in [5.74, 6) is 1.12. The minimum Gasteiger partial charge on any atom is -0.316 e. The van der Waals surface area contributed by atoms with E-state index in [4.69, 9.17) is 11.6 Å². The van der Waals surface area contributed by atoms with Gasteiger partial charge in [-0.05, 0) is 60.8 Å². The van der Waals surface area contributed by atoms with Gasteiger partial charge in [-0.15, -0.1) is 0 Å². The minimum absolute atomic E-state index is 0.208. The zero-order valence-electron chi connectivity index (χ0n) is 12.7. The maximum Gasteiger partial charge on any atom is 0.142 e. The summed E-state index contributed by atoms with van der Waals surface area (Å²) in [6, 6.07) is 5.21. The first kappa shape index (κ1) is 15.8. The molecule has 1 aliphatic carbocycles. The van der Waals surface area contributed by atoms with E-state index in [0.29, 0.717) is 5.92 Å². The number of rotatable bonds is 7. The van der Waals surface area contributed by atoms with Gasteiger partial charge in [0.05, 0.1) is 5.02 Å². The van der Waals surface area contributed by atoms with Crippen LogP contribution in [0.4, 0.5) is 4.39 Å². The Bertz CT molecular complexity index is 456. The molecule has 1 saturated carbocycles. The van der Waals surface area contributed by atoms with Gasteiger partial charge in [-0.1, -0.05) is 38.4 Å². The highest BCUT2D eigenvalue weighted by Gasteiger charge is 2.41. The lowest BCUT2D eigenvalue weighted by Gasteiger charge is -2.31. The summed E-state index contributed by atoms with van der Waals surface area (Å²) in [5, 5.41) is 3.78. The number of benzene rings is 1. The Morgan fingerprint density at radius 3 is 2.65 bits per heavy atom. The monoisotopic (exact) mass is 297 g/mol. The SMILES string of the molecule is CC(C)CNCC(C)(Cc1ccc(Cl)c(F)c1)C1CC1. The van der Waals surface area contributed by atoms with Gasteiger partial charge in [0.1, 0.15) is 5.82 Å². The number of halogens is 2. The molecule has 2 rings (SSSR count). The second kappa shape index (κ2) is 6.44. The number of nitrogens with one attached hydrogen (secondary N) is 1. The van der Waals surface area contributed by atoms with E-state index >= 15 is 0 Å². The van der Waals surface area contributed by atoms with Crippen molar-refractivity contribution < 1.29 is 4.39 Å². The predicted octanol–water partition coefficient (Wildman–Crippen LogP) is 4.68. The molecule has 1 atom stereocenters. The molecule has 3 heteroatoms. The fourth-order valence-electron chi connectivity index (χ4n) is 2.89. The van der Waals surface area contributed by atoms with Gasteiger partial charge in [-0.2, -0.15) is 0 Å². The Hall–Kier alpha value is -0.600. The molecule has 1 aromatic rings. The Morgan fingerprint density at radius 2 is 2.10 bits per heavy atom. The van der Waals surface area contributed by atoms with E-state index in [2.05, 4.69) is 26.1 Å². The van der Waals surface area contributed by atoms with Gasteiger partial charge in [0.15, 0.2) is 0 Å². The minimum atomic E-state index is -0.308. The normalized spacial score (nSPS) is 18.3. The topological polar surface area (TPSA) is 12.0 Å². The van der Waals surface area contributed by atoms with Crippen LogP contribution in [0.5, 0.6) is 0 Å². The van der Waals surface area contributed by atoms with E-state index in [0.717, 1.165) is 31.0 Å². The van der Waals surface area contributed by atoms with Crippen LogP contribution in [0.25, 0.3) is 0 Å². The summed E-state index contributed by atoms with van der Waals surface area (Å²) in [6.45, 7) is 8.80. The van der Waals surface area contributed by atoms with E-state index in [9.17, 15) is 4.39 Å². The number of hydrogen-bond acceptors (Lipinski definition) is 1. The van der Waals surface area contributed by atoms with Crippen molar-refractivity contribution in [2.45, 2.75) is 40.0 Å². The van der Waals surface area contributed by atoms with Crippen molar-refractivity contribution >= 4 is 11.6 Å². The van der Waals surface area contributed by atoms with Crippen molar-refractivity contribution in [2.75, 3.05) is 13.1 Å². The number of hydrogen-bond donors (Lipinski definition) is 1. The molecule has 0 spiro atoms. The van der Waals surface area contributed by atoms with E-state index in [-0.39, 0.29) is 16.3 Å². The molecule has 20 heavy (non-hydrogen) atoms. The van der Waals surface area contributed by atoms with Crippen LogP contribution in [0.1, 0.15) is 39.2 Å². The molecule has 0 bridgehead atoms. The smallest absolute Gasteiger partial charge is 0.142 e. The molecule has 1 aromatic carbocycles. The molecule has 0 heterocycles. The Labute approximate surface area is 126 Å². The molecule has 0 aromatic heterocycles. The molecule has 0 saturated heterocycles. The van der Waals surface area contributed by atoms with Gasteiger partial charge in [0.25, 0.3) is 0 Å². The standard InChI is InChI=1S/C17H25ClFN/c1-12(2)10-20-11-17(3,14-5-6-14)9-13-4-7-15(18)16(19)8-13/h4,7-8,12,14,20H,5-6,9-11H2,1-3H3. The Morgan fingerprint density at radius 1 is 1.40 bits per heavy atom. The molecule has 112 valence electrons. The second-order valence-corrected chi connectivity index (χ2v) is 7.29. The molecule has 0 radical (unpaired) electrons. The maximum atomic E-state index is 13.6. The quantitative estimate of drug-likeness (QED) is 0.770. The van der Waals surface area contributed by atoms with Gasteiger partial charge in [0.2, 0.25) is 0 Å². The van der Waals surface area contributed by atoms with Gasteiger partial charge >= 0.3 is 0 Å². The fraction of sp³-hybridized carbons (Fsp3) is 0.647. The Kier molecular flexibility index (Phi) is 5.09. The van der Waals surface area contributed by atoms with Gasteiger partial charge in [-0.3, -0.25) is 0 Å². The summed E-state index contributed by atoms with van der Waals surface area (Å²) in [6.07, 6.45) is 3.52. The maximum absolute atomic E-state index is 13.6. The first-order valence-electron chi connectivity index (χ1n) is 7.55. The van der Waals surface area contributed by atoms with E-state index in [1.807, 2.05) is 6.07 Å². The third-order valence-corrected chi connectivity index (χ3v) is 4.54. The van der Waals surface area contributed by atoms with Crippen molar-refractivity contribution in [1.29, 1.82) is 0 Å². The summed E-state index contributed by atoms with van der Waals surface area (Å²) in [5.41, 5.74) is 1.27. The molecule has 0 amide bonds. The first-order chi connectivity index (χ1) is 9.40. The van der Waals surface area contributed by atoms with Crippen molar-refractivity contribution in [2.24, 2.45) is 17.3 Å². The zero-order valence-corrected chi connectivity index (χ0v) is 13.4. The van der Waals surface area contributed by atoms with Crippen LogP contribution >= 0.6 is 11.6 Å². The predicted molar refractivity (Wildman–Crippen MR) is 83.7 cm³/mol. The molecule has 1 unspecified atom stereocenters. The highest BCUT2D eigenvalue weighted by atomic mass is 35.5. The second-order valence-electron chi connectivity index (χ2n) is 6.88. The summed E-state index contributed by atoms with van der Waals surface area (Å²) in [7, 11) is 0. The lowest BCUT2D eigenvalue weighted by Crippen LogP contribution is -2.37. The van der Waals surface area contributed by atoms with Crippen molar-refractivity contribution in [3.8, 4) is 0 Å². The first-order valence-corrected chi connectivity index (χ1v) is 7.93. The third kappa shape index (κ3) is 4.20. The average molecular weight is 298 g/mol. The largest absolute Gasteiger partial charge is 0.316 e. The lowest BCUT2D eigenvalue weighted by molar-refractivity contribution is 0.252. The van der Waals surface area contributed by atoms with E-state index in [1.165, 1.54) is 12.8 Å². The van der Waals surface area contributed by atoms with Crippen LogP contribution in [-0.2, 0) is 6.42 Å². The molecule has 1 aliphatic rings. The fourth-order valence-corrected chi connectivity index (χ4v) is 3.01. The van der Waals surface area contributed by atoms with Crippen LogP contribution in [0.2, 0.25) is 5.02 Å². The molecule has 1 N–H and O–H groups in total.